The Hall–Kier alpha value is -3.69. The Bertz CT molecular complexity index is 1550. The van der Waals surface area contributed by atoms with Crippen molar-refractivity contribution in [2.24, 2.45) is 0 Å². The minimum atomic E-state index is -0.242. The number of thiazole rings is 1. The Kier molecular flexibility index (Phi) is 5.08. The van der Waals surface area contributed by atoms with Crippen LogP contribution in [0, 0.1) is 6.92 Å². The zero-order valence-corrected chi connectivity index (χ0v) is 19.8. The van der Waals surface area contributed by atoms with Gasteiger partial charge in [-0.3, -0.25) is 9.59 Å². The molecule has 0 radical (unpaired) electrons. The number of ether oxygens (including phenoxy) is 1. The summed E-state index contributed by atoms with van der Waals surface area (Å²) in [6.07, 6.45) is 3.67. The summed E-state index contributed by atoms with van der Waals surface area (Å²) in [5, 5.41) is 6.89. The Morgan fingerprint density at radius 2 is 2.15 bits per heavy atom. The predicted molar refractivity (Wildman–Crippen MR) is 134 cm³/mol. The van der Waals surface area contributed by atoms with E-state index in [4.69, 9.17) is 9.15 Å². The second-order valence-electron chi connectivity index (χ2n) is 8.02. The van der Waals surface area contributed by atoms with Gasteiger partial charge in [0.25, 0.3) is 11.8 Å². The van der Waals surface area contributed by atoms with Crippen molar-refractivity contribution in [3.63, 3.8) is 0 Å². The summed E-state index contributed by atoms with van der Waals surface area (Å²) in [7, 11) is 0. The quantitative estimate of drug-likeness (QED) is 0.346. The number of fused-ring (bicyclic) bond motifs is 4. The Labute approximate surface area is 202 Å². The fourth-order valence-electron chi connectivity index (χ4n) is 4.28. The van der Waals surface area contributed by atoms with Gasteiger partial charge in [-0.05, 0) is 54.6 Å². The SMILES string of the molecule is Cc1nc2c(cc(OCC(=O)Nc3ccc4c(c3)CCN4C(=O)c3ccoc3)c3ccsc32)s1. The van der Waals surface area contributed by atoms with Crippen LogP contribution in [-0.2, 0) is 11.2 Å². The third-order valence-electron chi connectivity index (χ3n) is 5.80. The normalized spacial score (nSPS) is 12.9. The van der Waals surface area contributed by atoms with Gasteiger partial charge in [-0.1, -0.05) is 0 Å². The number of furan rings is 1. The molecule has 0 unspecified atom stereocenters. The first-order chi connectivity index (χ1) is 16.6. The molecule has 5 aromatic rings. The summed E-state index contributed by atoms with van der Waals surface area (Å²) in [6.45, 7) is 2.48. The molecule has 0 saturated carbocycles. The predicted octanol–water partition coefficient (Wildman–Crippen LogP) is 5.63. The zero-order chi connectivity index (χ0) is 23.2. The van der Waals surface area contributed by atoms with E-state index in [1.807, 2.05) is 36.6 Å². The van der Waals surface area contributed by atoms with Crippen molar-refractivity contribution in [2.75, 3.05) is 23.4 Å². The molecule has 1 N–H and O–H groups in total. The van der Waals surface area contributed by atoms with Gasteiger partial charge in [0.2, 0.25) is 0 Å². The largest absolute Gasteiger partial charge is 0.483 e. The zero-order valence-electron chi connectivity index (χ0n) is 18.2. The van der Waals surface area contributed by atoms with E-state index in [9.17, 15) is 9.59 Å². The Morgan fingerprint density at radius 1 is 1.24 bits per heavy atom. The van der Waals surface area contributed by atoms with E-state index in [-0.39, 0.29) is 18.4 Å². The second kappa shape index (κ2) is 8.27. The highest BCUT2D eigenvalue weighted by Gasteiger charge is 2.26. The molecule has 7 nitrogen and oxygen atoms in total. The molecular formula is C25H19N3O4S2. The molecule has 34 heavy (non-hydrogen) atoms. The number of hydrogen-bond donors (Lipinski definition) is 1. The molecule has 1 aliphatic rings. The van der Waals surface area contributed by atoms with Crippen LogP contribution in [0.4, 0.5) is 11.4 Å². The average molecular weight is 490 g/mol. The first-order valence-corrected chi connectivity index (χ1v) is 12.4. The van der Waals surface area contributed by atoms with Gasteiger partial charge in [0.05, 0.1) is 31.8 Å². The minimum absolute atomic E-state index is 0.0921. The number of rotatable bonds is 5. The van der Waals surface area contributed by atoms with Crippen LogP contribution in [0.2, 0.25) is 0 Å². The third kappa shape index (κ3) is 3.63. The van der Waals surface area contributed by atoms with Gasteiger partial charge in [0, 0.05) is 29.4 Å². The first-order valence-electron chi connectivity index (χ1n) is 10.7. The summed E-state index contributed by atoms with van der Waals surface area (Å²) in [5.74, 6) is 0.351. The number of benzene rings is 2. The maximum Gasteiger partial charge on any atom is 0.262 e. The molecule has 1 aliphatic heterocycles. The van der Waals surface area contributed by atoms with Gasteiger partial charge in [0.15, 0.2) is 6.61 Å². The van der Waals surface area contributed by atoms with Crippen LogP contribution in [0.1, 0.15) is 20.9 Å². The van der Waals surface area contributed by atoms with E-state index in [1.54, 1.807) is 39.7 Å². The average Bonchev–Trinajstić information content (AvgIpc) is 3.62. The highest BCUT2D eigenvalue weighted by Crippen LogP contribution is 2.39. The molecule has 2 amide bonds. The number of hydrogen-bond acceptors (Lipinski definition) is 7. The molecule has 6 rings (SSSR count). The Balaban J connectivity index is 1.15. The van der Waals surface area contributed by atoms with Crippen molar-refractivity contribution in [3.8, 4) is 5.75 Å². The van der Waals surface area contributed by atoms with Crippen LogP contribution >= 0.6 is 22.7 Å². The summed E-state index contributed by atoms with van der Waals surface area (Å²) in [6, 6.07) is 11.2. The van der Waals surface area contributed by atoms with E-state index in [2.05, 4.69) is 10.3 Å². The number of amides is 2. The van der Waals surface area contributed by atoms with Gasteiger partial charge < -0.3 is 19.4 Å². The smallest absolute Gasteiger partial charge is 0.262 e. The van der Waals surface area contributed by atoms with Crippen molar-refractivity contribution in [1.29, 1.82) is 0 Å². The van der Waals surface area contributed by atoms with Crippen molar-refractivity contribution in [1.82, 2.24) is 4.98 Å². The monoisotopic (exact) mass is 489 g/mol. The summed E-state index contributed by atoms with van der Waals surface area (Å²) in [4.78, 5) is 31.7. The number of nitrogens with zero attached hydrogens (tertiary/aromatic N) is 2. The molecule has 2 aromatic carbocycles. The third-order valence-corrected chi connectivity index (χ3v) is 7.64. The number of aryl methyl sites for hydroxylation is 1. The van der Waals surface area contributed by atoms with Crippen LogP contribution < -0.4 is 15.0 Å². The molecule has 4 heterocycles. The number of carbonyl (C=O) groups is 2. The number of aromatic nitrogens is 1. The molecule has 0 bridgehead atoms. The summed E-state index contributed by atoms with van der Waals surface area (Å²) >= 11 is 3.24. The fraction of sp³-hybridized carbons (Fsp3) is 0.160. The van der Waals surface area contributed by atoms with Crippen molar-refractivity contribution >= 4 is 66.2 Å². The number of nitrogens with one attached hydrogen (secondary N) is 1. The molecule has 0 atom stereocenters. The van der Waals surface area contributed by atoms with E-state index >= 15 is 0 Å². The van der Waals surface area contributed by atoms with Crippen molar-refractivity contribution < 1.29 is 18.7 Å². The molecule has 0 saturated heterocycles. The van der Waals surface area contributed by atoms with Crippen LogP contribution in [0.3, 0.4) is 0 Å². The highest BCUT2D eigenvalue weighted by molar-refractivity contribution is 7.21. The van der Waals surface area contributed by atoms with Crippen molar-refractivity contribution in [3.05, 3.63) is 70.4 Å². The summed E-state index contributed by atoms with van der Waals surface area (Å²) in [5.41, 5.74) is 4.06. The van der Waals surface area contributed by atoms with Crippen LogP contribution in [0.15, 0.2) is 58.7 Å². The van der Waals surface area contributed by atoms with Crippen LogP contribution in [0.25, 0.3) is 20.3 Å². The number of anilines is 2. The van der Waals surface area contributed by atoms with E-state index < -0.39 is 0 Å². The molecule has 3 aromatic heterocycles. The standard InChI is InChI=1S/C25H19N3O4S2/c1-14-26-23-21(34-14)11-20(18-6-9-33-24(18)23)32-13-22(29)27-17-2-3-19-15(10-17)4-7-28(19)25(30)16-5-8-31-12-16/h2-3,5-6,8-12H,4,7,13H2,1H3,(H,27,29). The number of thiophene rings is 1. The maximum absolute atomic E-state index is 12.7. The highest BCUT2D eigenvalue weighted by atomic mass is 32.1. The first kappa shape index (κ1) is 20.9. The van der Waals surface area contributed by atoms with Gasteiger partial charge in [-0.2, -0.15) is 0 Å². The van der Waals surface area contributed by atoms with Gasteiger partial charge in [-0.15, -0.1) is 22.7 Å². The maximum atomic E-state index is 12.7. The Morgan fingerprint density at radius 3 is 3.00 bits per heavy atom. The lowest BCUT2D eigenvalue weighted by molar-refractivity contribution is -0.118. The van der Waals surface area contributed by atoms with Gasteiger partial charge in [0.1, 0.15) is 12.0 Å². The molecular weight excluding hydrogens is 470 g/mol. The van der Waals surface area contributed by atoms with E-state index in [0.717, 1.165) is 43.0 Å². The second-order valence-corrected chi connectivity index (χ2v) is 10.2. The molecule has 170 valence electrons. The van der Waals surface area contributed by atoms with Crippen LogP contribution in [-0.4, -0.2) is 29.9 Å². The van der Waals surface area contributed by atoms with Crippen LogP contribution in [0.5, 0.6) is 5.75 Å². The summed E-state index contributed by atoms with van der Waals surface area (Å²) < 4.78 is 13.1. The number of carbonyl (C=O) groups excluding carboxylic acids is 2. The molecule has 0 aliphatic carbocycles. The molecule has 0 spiro atoms. The molecule has 0 fully saturated rings. The minimum Gasteiger partial charge on any atom is -0.483 e. The lowest BCUT2D eigenvalue weighted by Crippen LogP contribution is -2.28. The lowest BCUT2D eigenvalue weighted by Gasteiger charge is -2.16. The van der Waals surface area contributed by atoms with Gasteiger partial charge in [-0.25, -0.2) is 4.98 Å². The fourth-order valence-corrected chi connectivity index (χ4v) is 6.11. The van der Waals surface area contributed by atoms with E-state index in [1.165, 1.54) is 12.5 Å². The van der Waals surface area contributed by atoms with Crippen molar-refractivity contribution in [2.45, 2.75) is 13.3 Å². The molecule has 9 heteroatoms. The topological polar surface area (TPSA) is 84.7 Å². The van der Waals surface area contributed by atoms with E-state index in [0.29, 0.717) is 23.5 Å². The lowest BCUT2D eigenvalue weighted by atomic mass is 10.1. The van der Waals surface area contributed by atoms with Gasteiger partial charge >= 0.3 is 0 Å².